The number of nitrogens with zero attached hydrogens (tertiary/aromatic N) is 1. The quantitative estimate of drug-likeness (QED) is 0.715. The van der Waals surface area contributed by atoms with Gasteiger partial charge in [-0.15, -0.1) is 0 Å². The van der Waals surface area contributed by atoms with Gasteiger partial charge in [0.25, 0.3) is 0 Å². The molecule has 0 spiro atoms. The molecule has 0 radical (unpaired) electrons. The molecule has 0 aromatic heterocycles. The maximum atomic E-state index is 12.0. The highest BCUT2D eigenvalue weighted by Crippen LogP contribution is 2.11. The van der Waals surface area contributed by atoms with E-state index >= 15 is 0 Å². The molecular weight excluding hydrogens is 232 g/mol. The molecule has 0 fully saturated rings. The van der Waals surface area contributed by atoms with Crippen molar-refractivity contribution < 1.29 is 8.42 Å². The predicted molar refractivity (Wildman–Crippen MR) is 67.3 cm³/mol. The third-order valence-corrected chi connectivity index (χ3v) is 4.91. The molecular formula is C9H20N2O2S2. The van der Waals surface area contributed by atoms with Crippen molar-refractivity contribution in [3.8, 4) is 0 Å². The summed E-state index contributed by atoms with van der Waals surface area (Å²) in [5, 5.41) is -0.786. The van der Waals surface area contributed by atoms with E-state index in [1.165, 1.54) is 11.2 Å². The first-order chi connectivity index (χ1) is 6.73. The van der Waals surface area contributed by atoms with E-state index in [9.17, 15) is 8.42 Å². The molecule has 1 atom stereocenters. The Morgan fingerprint density at radius 3 is 2.13 bits per heavy atom. The first kappa shape index (κ1) is 14.8. The van der Waals surface area contributed by atoms with Crippen molar-refractivity contribution in [2.45, 2.75) is 32.9 Å². The van der Waals surface area contributed by atoms with Crippen LogP contribution in [0.1, 0.15) is 27.7 Å². The fourth-order valence-corrected chi connectivity index (χ4v) is 3.16. The number of hydrogen-bond donors (Lipinski definition) is 1. The molecule has 6 heteroatoms. The van der Waals surface area contributed by atoms with Gasteiger partial charge in [-0.05, 0) is 12.8 Å². The normalized spacial score (nSPS) is 14.5. The maximum Gasteiger partial charge on any atom is 0.223 e. The predicted octanol–water partition coefficient (Wildman–Crippen LogP) is 0.969. The molecule has 0 aromatic rings. The highest BCUT2D eigenvalue weighted by Gasteiger charge is 2.29. The van der Waals surface area contributed by atoms with Crippen LogP contribution in [0.4, 0.5) is 0 Å². The van der Waals surface area contributed by atoms with E-state index in [4.69, 9.17) is 18.0 Å². The fourth-order valence-electron chi connectivity index (χ4n) is 1.19. The smallest absolute Gasteiger partial charge is 0.223 e. The molecule has 0 saturated carbocycles. The molecule has 1 unspecified atom stereocenters. The summed E-state index contributed by atoms with van der Waals surface area (Å²) in [5.74, 6) is 0.290. The Balaban J connectivity index is 4.89. The summed E-state index contributed by atoms with van der Waals surface area (Å²) in [4.78, 5) is 0.0252. The molecule has 0 amide bonds. The summed E-state index contributed by atoms with van der Waals surface area (Å²) in [6.07, 6.45) is 0. The topological polar surface area (TPSA) is 63.4 Å². The van der Waals surface area contributed by atoms with E-state index in [0.717, 1.165) is 0 Å². The molecule has 0 aliphatic heterocycles. The van der Waals surface area contributed by atoms with Crippen molar-refractivity contribution in [3.05, 3.63) is 0 Å². The minimum atomic E-state index is -3.38. The molecule has 15 heavy (non-hydrogen) atoms. The largest absolute Gasteiger partial charge is 0.392 e. The van der Waals surface area contributed by atoms with Crippen molar-refractivity contribution in [1.82, 2.24) is 4.31 Å². The van der Waals surface area contributed by atoms with E-state index in [0.29, 0.717) is 19.0 Å². The summed E-state index contributed by atoms with van der Waals surface area (Å²) >= 11 is 4.72. The second-order valence-corrected chi connectivity index (χ2v) is 6.66. The number of nitrogens with two attached hydrogens (primary N) is 1. The molecule has 90 valence electrons. The van der Waals surface area contributed by atoms with Gasteiger partial charge in [-0.2, -0.15) is 0 Å². The van der Waals surface area contributed by atoms with Crippen molar-refractivity contribution in [1.29, 1.82) is 0 Å². The number of hydrogen-bond acceptors (Lipinski definition) is 3. The number of thiocarbonyl (C=S) groups is 1. The van der Waals surface area contributed by atoms with Crippen LogP contribution in [0.15, 0.2) is 0 Å². The first-order valence-corrected chi connectivity index (χ1v) is 6.92. The van der Waals surface area contributed by atoms with Gasteiger partial charge in [0.1, 0.15) is 5.25 Å². The van der Waals surface area contributed by atoms with Crippen molar-refractivity contribution in [3.63, 3.8) is 0 Å². The van der Waals surface area contributed by atoms with Crippen LogP contribution in [0.3, 0.4) is 0 Å². The van der Waals surface area contributed by atoms with Gasteiger partial charge in [0.2, 0.25) is 10.0 Å². The SMILES string of the molecule is CCN(CC(C)C)S(=O)(=O)C(C)C(N)=S. The highest BCUT2D eigenvalue weighted by molar-refractivity contribution is 7.92. The Labute approximate surface area is 97.9 Å². The van der Waals surface area contributed by atoms with Crippen LogP contribution in [0.25, 0.3) is 0 Å². The van der Waals surface area contributed by atoms with E-state index in [2.05, 4.69) is 0 Å². The van der Waals surface area contributed by atoms with Crippen LogP contribution >= 0.6 is 12.2 Å². The molecule has 0 rings (SSSR count). The lowest BCUT2D eigenvalue weighted by molar-refractivity contribution is 0.379. The zero-order valence-corrected chi connectivity index (χ0v) is 11.4. The Kier molecular flexibility index (Phi) is 5.69. The van der Waals surface area contributed by atoms with E-state index in [-0.39, 0.29) is 4.99 Å². The average Bonchev–Trinajstić information content (AvgIpc) is 2.11. The summed E-state index contributed by atoms with van der Waals surface area (Å²) in [7, 11) is -3.38. The van der Waals surface area contributed by atoms with Gasteiger partial charge in [-0.3, -0.25) is 0 Å². The van der Waals surface area contributed by atoms with E-state index in [1.54, 1.807) is 0 Å². The Morgan fingerprint density at radius 1 is 1.40 bits per heavy atom. The van der Waals surface area contributed by atoms with Gasteiger partial charge < -0.3 is 5.73 Å². The molecule has 0 saturated heterocycles. The third-order valence-electron chi connectivity index (χ3n) is 2.13. The molecule has 0 heterocycles. The van der Waals surface area contributed by atoms with Crippen LogP contribution < -0.4 is 5.73 Å². The van der Waals surface area contributed by atoms with Crippen molar-refractivity contribution in [2.75, 3.05) is 13.1 Å². The average molecular weight is 252 g/mol. The fraction of sp³-hybridized carbons (Fsp3) is 0.889. The van der Waals surface area contributed by atoms with Crippen LogP contribution in [0.5, 0.6) is 0 Å². The summed E-state index contributed by atoms with van der Waals surface area (Å²) in [6, 6.07) is 0. The van der Waals surface area contributed by atoms with Gasteiger partial charge in [0.15, 0.2) is 0 Å². The monoisotopic (exact) mass is 252 g/mol. The van der Waals surface area contributed by atoms with Gasteiger partial charge in [-0.1, -0.05) is 33.0 Å². The first-order valence-electron chi connectivity index (χ1n) is 5.01. The molecule has 0 bridgehead atoms. The zero-order valence-electron chi connectivity index (χ0n) is 9.73. The molecule has 0 aliphatic rings. The van der Waals surface area contributed by atoms with Crippen molar-refractivity contribution >= 4 is 27.2 Å². The minimum absolute atomic E-state index is 0.0252. The Bertz CT molecular complexity index is 312. The Morgan fingerprint density at radius 2 is 1.87 bits per heavy atom. The van der Waals surface area contributed by atoms with Gasteiger partial charge in [0.05, 0.1) is 4.99 Å². The Hall–Kier alpha value is -0.200. The lowest BCUT2D eigenvalue weighted by Gasteiger charge is -2.25. The van der Waals surface area contributed by atoms with Gasteiger partial charge >= 0.3 is 0 Å². The standard InChI is InChI=1S/C9H20N2O2S2/c1-5-11(6-7(2)3)15(12,13)8(4)9(10)14/h7-8H,5-6H2,1-4H3,(H2,10,14). The van der Waals surface area contributed by atoms with Gasteiger partial charge in [0, 0.05) is 13.1 Å². The zero-order chi connectivity index (χ0) is 12.2. The van der Waals surface area contributed by atoms with Crippen LogP contribution in [-0.2, 0) is 10.0 Å². The maximum absolute atomic E-state index is 12.0. The number of rotatable bonds is 6. The van der Waals surface area contributed by atoms with E-state index in [1.807, 2.05) is 20.8 Å². The lowest BCUT2D eigenvalue weighted by atomic mass is 10.2. The third kappa shape index (κ3) is 4.04. The second kappa shape index (κ2) is 5.77. The molecule has 0 aromatic carbocycles. The van der Waals surface area contributed by atoms with Crippen LogP contribution in [0.2, 0.25) is 0 Å². The van der Waals surface area contributed by atoms with Crippen molar-refractivity contribution in [2.24, 2.45) is 11.7 Å². The lowest BCUT2D eigenvalue weighted by Crippen LogP contribution is -2.44. The minimum Gasteiger partial charge on any atom is -0.392 e. The van der Waals surface area contributed by atoms with Gasteiger partial charge in [-0.25, -0.2) is 12.7 Å². The number of sulfonamides is 1. The molecule has 2 N–H and O–H groups in total. The van der Waals surface area contributed by atoms with E-state index < -0.39 is 15.3 Å². The van der Waals surface area contributed by atoms with Crippen LogP contribution in [0, 0.1) is 5.92 Å². The second-order valence-electron chi connectivity index (χ2n) is 3.93. The molecule has 0 aliphatic carbocycles. The highest BCUT2D eigenvalue weighted by atomic mass is 32.2. The molecule has 4 nitrogen and oxygen atoms in total. The summed E-state index contributed by atoms with van der Waals surface area (Å²) in [6.45, 7) is 8.25. The van der Waals surface area contributed by atoms with Crippen LogP contribution in [-0.4, -0.2) is 36.1 Å². The summed E-state index contributed by atoms with van der Waals surface area (Å²) < 4.78 is 25.4. The summed E-state index contributed by atoms with van der Waals surface area (Å²) in [5.41, 5.74) is 5.37.